The molecule has 1 aliphatic rings. The third-order valence-corrected chi connectivity index (χ3v) is 5.33. The van der Waals surface area contributed by atoms with Crippen molar-refractivity contribution in [1.29, 1.82) is 0 Å². The first-order chi connectivity index (χ1) is 14.6. The van der Waals surface area contributed by atoms with Gasteiger partial charge in [-0.25, -0.2) is 4.79 Å². The average Bonchev–Trinajstić information content (AvgIpc) is 2.77. The SMILES string of the molecule is C[C@H](Oc1ccc2c(c1)oc(=O)c1ccccc12)C(=O)NCCCN1CCOCC1. The fourth-order valence-corrected chi connectivity index (χ4v) is 3.67. The summed E-state index contributed by atoms with van der Waals surface area (Å²) in [6.07, 6.45) is 0.227. The smallest absolute Gasteiger partial charge is 0.344 e. The summed E-state index contributed by atoms with van der Waals surface area (Å²) in [7, 11) is 0. The first-order valence-electron chi connectivity index (χ1n) is 10.3. The van der Waals surface area contributed by atoms with Crippen LogP contribution in [0.5, 0.6) is 5.75 Å². The Kier molecular flexibility index (Phi) is 6.30. The standard InChI is InChI=1S/C23H26N2O5/c1-16(22(26)24-9-4-10-25-11-13-28-14-12-25)29-17-7-8-19-18-5-2-3-6-20(18)23(27)30-21(19)15-17/h2-3,5-8,15-16H,4,9-14H2,1H3,(H,24,26)/t16-/m0/s1. The van der Waals surface area contributed by atoms with Crippen LogP contribution in [0, 0.1) is 0 Å². The topological polar surface area (TPSA) is 81.0 Å². The van der Waals surface area contributed by atoms with Crippen molar-refractivity contribution in [2.75, 3.05) is 39.4 Å². The first kappa shape index (κ1) is 20.4. The van der Waals surface area contributed by atoms with Crippen LogP contribution in [0.25, 0.3) is 21.7 Å². The highest BCUT2D eigenvalue weighted by Gasteiger charge is 2.16. The van der Waals surface area contributed by atoms with E-state index in [1.54, 1.807) is 25.1 Å². The second-order valence-electron chi connectivity index (χ2n) is 7.45. The zero-order valence-corrected chi connectivity index (χ0v) is 17.1. The summed E-state index contributed by atoms with van der Waals surface area (Å²) in [5, 5.41) is 5.13. The minimum Gasteiger partial charge on any atom is -0.481 e. The van der Waals surface area contributed by atoms with Crippen LogP contribution in [0.4, 0.5) is 0 Å². The van der Waals surface area contributed by atoms with Gasteiger partial charge in [-0.05, 0) is 43.5 Å². The molecule has 1 atom stereocenters. The van der Waals surface area contributed by atoms with Crippen LogP contribution in [0.1, 0.15) is 13.3 Å². The van der Waals surface area contributed by atoms with Gasteiger partial charge in [0.25, 0.3) is 5.91 Å². The molecule has 30 heavy (non-hydrogen) atoms. The first-order valence-corrected chi connectivity index (χ1v) is 10.3. The molecule has 1 amide bonds. The number of carbonyl (C=O) groups is 1. The quantitative estimate of drug-likeness (QED) is 0.366. The molecule has 0 unspecified atom stereocenters. The van der Waals surface area contributed by atoms with Gasteiger partial charge in [0.1, 0.15) is 11.3 Å². The van der Waals surface area contributed by atoms with E-state index in [0.717, 1.165) is 50.0 Å². The molecule has 0 saturated carbocycles. The maximum absolute atomic E-state index is 12.3. The molecule has 158 valence electrons. The van der Waals surface area contributed by atoms with Crippen LogP contribution in [-0.2, 0) is 9.53 Å². The second kappa shape index (κ2) is 9.28. The zero-order chi connectivity index (χ0) is 20.9. The molecule has 7 heteroatoms. The highest BCUT2D eigenvalue weighted by molar-refractivity contribution is 6.04. The fourth-order valence-electron chi connectivity index (χ4n) is 3.67. The molecule has 2 aromatic carbocycles. The average molecular weight is 410 g/mol. The van der Waals surface area contributed by atoms with Gasteiger partial charge < -0.3 is 19.2 Å². The van der Waals surface area contributed by atoms with Crippen molar-refractivity contribution in [2.24, 2.45) is 0 Å². The molecule has 1 aliphatic heterocycles. The second-order valence-corrected chi connectivity index (χ2v) is 7.45. The summed E-state index contributed by atoms with van der Waals surface area (Å²) in [5.74, 6) is 0.314. The molecule has 4 rings (SSSR count). The van der Waals surface area contributed by atoms with Crippen LogP contribution >= 0.6 is 0 Å². The van der Waals surface area contributed by atoms with Crippen LogP contribution in [0.2, 0.25) is 0 Å². The number of ether oxygens (including phenoxy) is 2. The third-order valence-electron chi connectivity index (χ3n) is 5.33. The summed E-state index contributed by atoms with van der Waals surface area (Å²) < 4.78 is 16.6. The van der Waals surface area contributed by atoms with Crippen molar-refractivity contribution in [3.05, 3.63) is 52.9 Å². The monoisotopic (exact) mass is 410 g/mol. The number of benzene rings is 2. The molecule has 3 aromatic rings. The molecule has 0 spiro atoms. The largest absolute Gasteiger partial charge is 0.481 e. The molecule has 1 saturated heterocycles. The van der Waals surface area contributed by atoms with Gasteiger partial charge in [0.2, 0.25) is 0 Å². The van der Waals surface area contributed by atoms with Crippen molar-refractivity contribution in [2.45, 2.75) is 19.4 Å². The molecule has 0 aliphatic carbocycles. The minimum atomic E-state index is -0.655. The Labute approximate surface area is 174 Å². The lowest BCUT2D eigenvalue weighted by atomic mass is 10.1. The van der Waals surface area contributed by atoms with Gasteiger partial charge in [0.15, 0.2) is 6.10 Å². The normalized spacial score (nSPS) is 15.9. The summed E-state index contributed by atoms with van der Waals surface area (Å²) >= 11 is 0. The Morgan fingerprint density at radius 3 is 2.70 bits per heavy atom. The Morgan fingerprint density at radius 1 is 1.13 bits per heavy atom. The molecule has 0 radical (unpaired) electrons. The molecular weight excluding hydrogens is 384 g/mol. The number of hydrogen-bond donors (Lipinski definition) is 1. The number of nitrogens with one attached hydrogen (secondary N) is 1. The van der Waals surface area contributed by atoms with E-state index in [2.05, 4.69) is 10.2 Å². The van der Waals surface area contributed by atoms with E-state index in [0.29, 0.717) is 23.3 Å². The van der Waals surface area contributed by atoms with E-state index in [1.165, 1.54) is 0 Å². The summed E-state index contributed by atoms with van der Waals surface area (Å²) in [5.41, 5.74) is 0.0515. The van der Waals surface area contributed by atoms with E-state index in [-0.39, 0.29) is 11.5 Å². The van der Waals surface area contributed by atoms with Crippen molar-refractivity contribution in [3.8, 4) is 5.75 Å². The van der Waals surface area contributed by atoms with Crippen molar-refractivity contribution < 1.29 is 18.7 Å². The minimum absolute atomic E-state index is 0.169. The molecular formula is C23H26N2O5. The lowest BCUT2D eigenvalue weighted by Crippen LogP contribution is -2.40. The van der Waals surface area contributed by atoms with Gasteiger partial charge in [-0.3, -0.25) is 9.69 Å². The summed E-state index contributed by atoms with van der Waals surface area (Å²) in [6, 6.07) is 12.6. The van der Waals surface area contributed by atoms with Crippen molar-refractivity contribution >= 4 is 27.6 Å². The maximum atomic E-state index is 12.3. The van der Waals surface area contributed by atoms with Gasteiger partial charge in [0.05, 0.1) is 18.6 Å². The van der Waals surface area contributed by atoms with E-state index in [4.69, 9.17) is 13.9 Å². The van der Waals surface area contributed by atoms with Crippen molar-refractivity contribution in [1.82, 2.24) is 10.2 Å². The maximum Gasteiger partial charge on any atom is 0.344 e. The number of amides is 1. The Balaban J connectivity index is 1.35. The van der Waals surface area contributed by atoms with E-state index in [1.807, 2.05) is 24.3 Å². The lowest BCUT2D eigenvalue weighted by Gasteiger charge is -2.26. The number of nitrogens with zero attached hydrogens (tertiary/aromatic N) is 1. The molecule has 2 heterocycles. The van der Waals surface area contributed by atoms with E-state index >= 15 is 0 Å². The van der Waals surface area contributed by atoms with Gasteiger partial charge in [-0.15, -0.1) is 0 Å². The highest BCUT2D eigenvalue weighted by Crippen LogP contribution is 2.26. The molecule has 1 aromatic heterocycles. The van der Waals surface area contributed by atoms with Gasteiger partial charge >= 0.3 is 5.63 Å². The van der Waals surface area contributed by atoms with Gasteiger partial charge in [-0.1, -0.05) is 18.2 Å². The van der Waals surface area contributed by atoms with Crippen LogP contribution in [0.3, 0.4) is 0 Å². The number of fused-ring (bicyclic) bond motifs is 3. The Morgan fingerprint density at radius 2 is 1.90 bits per heavy atom. The number of carbonyl (C=O) groups excluding carboxylic acids is 1. The number of morpholine rings is 1. The van der Waals surface area contributed by atoms with Crippen LogP contribution < -0.4 is 15.7 Å². The zero-order valence-electron chi connectivity index (χ0n) is 17.1. The molecule has 0 bridgehead atoms. The number of hydrogen-bond acceptors (Lipinski definition) is 6. The van der Waals surface area contributed by atoms with E-state index < -0.39 is 6.10 Å². The molecule has 7 nitrogen and oxygen atoms in total. The predicted octanol–water partition coefficient (Wildman–Crippen LogP) is 2.55. The number of rotatable bonds is 7. The highest BCUT2D eigenvalue weighted by atomic mass is 16.5. The predicted molar refractivity (Wildman–Crippen MR) is 115 cm³/mol. The van der Waals surface area contributed by atoms with E-state index in [9.17, 15) is 9.59 Å². The van der Waals surface area contributed by atoms with Crippen LogP contribution in [-0.4, -0.2) is 56.3 Å². The van der Waals surface area contributed by atoms with Crippen molar-refractivity contribution in [3.63, 3.8) is 0 Å². The molecule has 1 N–H and O–H groups in total. The van der Waals surface area contributed by atoms with Gasteiger partial charge in [-0.2, -0.15) is 0 Å². The third kappa shape index (κ3) is 4.63. The van der Waals surface area contributed by atoms with Crippen LogP contribution in [0.15, 0.2) is 51.7 Å². The molecule has 1 fully saturated rings. The lowest BCUT2D eigenvalue weighted by molar-refractivity contribution is -0.127. The summed E-state index contributed by atoms with van der Waals surface area (Å²) in [4.78, 5) is 26.9. The Hall–Kier alpha value is -2.90. The van der Waals surface area contributed by atoms with Gasteiger partial charge in [0, 0.05) is 31.1 Å². The Bertz CT molecular complexity index is 1090. The fraction of sp³-hybridized carbons (Fsp3) is 0.391. The summed E-state index contributed by atoms with van der Waals surface area (Å²) in [6.45, 7) is 6.69.